The molecule has 1 aliphatic rings. The summed E-state index contributed by atoms with van der Waals surface area (Å²) in [5, 5.41) is 0. The lowest BCUT2D eigenvalue weighted by Crippen LogP contribution is -2.30. The smallest absolute Gasteiger partial charge is 0.141 e. The number of methoxy groups -OCH3 is 2. The van der Waals surface area contributed by atoms with E-state index < -0.39 is 0 Å². The maximum Gasteiger partial charge on any atom is 0.141 e. The van der Waals surface area contributed by atoms with Gasteiger partial charge in [0.1, 0.15) is 16.0 Å². The average Bonchev–Trinajstić information content (AvgIpc) is 3.08. The van der Waals surface area contributed by atoms with E-state index in [0.29, 0.717) is 11.8 Å². The van der Waals surface area contributed by atoms with Gasteiger partial charge in [-0.2, -0.15) is 0 Å². The topological polar surface area (TPSA) is 56.5 Å². The predicted octanol–water partition coefficient (Wildman–Crippen LogP) is 2.63. The van der Waals surface area contributed by atoms with E-state index in [0.717, 1.165) is 21.5 Å². The molecule has 2 rings (SSSR count). The Kier molecular flexibility index (Phi) is 4.14. The summed E-state index contributed by atoms with van der Waals surface area (Å²) in [5.41, 5.74) is 3.98. The van der Waals surface area contributed by atoms with Crippen LogP contribution in [0.4, 0.5) is 0 Å². The highest BCUT2D eigenvalue weighted by atomic mass is 79.9. The predicted molar refractivity (Wildman–Crippen MR) is 74.6 cm³/mol. The molecule has 1 aromatic rings. The molecule has 0 heterocycles. The Balaban J connectivity index is 2.40. The van der Waals surface area contributed by atoms with Crippen LogP contribution < -0.4 is 20.7 Å². The van der Waals surface area contributed by atoms with Crippen molar-refractivity contribution in [3.63, 3.8) is 0 Å². The standard InChI is InChI=1S/C13H19BrN2O2/c1-7-6-9(7)12(16-15)8-4-5-10(17-2)11(14)13(8)18-3/h4-5,7,9,12,16H,6,15H2,1-3H3. The molecule has 1 saturated carbocycles. The van der Waals surface area contributed by atoms with E-state index in [4.69, 9.17) is 15.3 Å². The molecule has 0 amide bonds. The second-order valence-electron chi connectivity index (χ2n) is 4.73. The number of benzene rings is 1. The monoisotopic (exact) mass is 314 g/mol. The normalized spacial score (nSPS) is 23.6. The van der Waals surface area contributed by atoms with Crippen molar-refractivity contribution < 1.29 is 9.47 Å². The number of nitrogens with two attached hydrogens (primary N) is 1. The Bertz CT molecular complexity index is 439. The summed E-state index contributed by atoms with van der Waals surface area (Å²) in [6.07, 6.45) is 1.20. The first-order valence-electron chi connectivity index (χ1n) is 6.00. The van der Waals surface area contributed by atoms with E-state index in [1.807, 2.05) is 12.1 Å². The van der Waals surface area contributed by atoms with Crippen LogP contribution in [0.2, 0.25) is 0 Å². The second kappa shape index (κ2) is 5.47. The van der Waals surface area contributed by atoms with Crippen LogP contribution in [0.25, 0.3) is 0 Å². The zero-order valence-electron chi connectivity index (χ0n) is 10.9. The van der Waals surface area contributed by atoms with Gasteiger partial charge in [-0.1, -0.05) is 6.92 Å². The first-order chi connectivity index (χ1) is 8.63. The summed E-state index contributed by atoms with van der Waals surface area (Å²) in [5.74, 6) is 8.53. The molecular formula is C13H19BrN2O2. The van der Waals surface area contributed by atoms with E-state index in [-0.39, 0.29) is 6.04 Å². The Morgan fingerprint density at radius 1 is 1.39 bits per heavy atom. The molecule has 5 heteroatoms. The molecular weight excluding hydrogens is 296 g/mol. The zero-order valence-corrected chi connectivity index (χ0v) is 12.5. The largest absolute Gasteiger partial charge is 0.495 e. The zero-order chi connectivity index (χ0) is 13.3. The fourth-order valence-electron chi connectivity index (χ4n) is 2.42. The quantitative estimate of drug-likeness (QED) is 0.648. The minimum Gasteiger partial charge on any atom is -0.495 e. The van der Waals surface area contributed by atoms with Crippen LogP contribution in [0.15, 0.2) is 16.6 Å². The molecule has 0 saturated heterocycles. The van der Waals surface area contributed by atoms with Gasteiger partial charge in [0.15, 0.2) is 0 Å². The van der Waals surface area contributed by atoms with Gasteiger partial charge in [0.05, 0.1) is 20.3 Å². The van der Waals surface area contributed by atoms with Crippen molar-refractivity contribution in [3.05, 3.63) is 22.2 Å². The Morgan fingerprint density at radius 3 is 2.50 bits per heavy atom. The average molecular weight is 315 g/mol. The molecule has 18 heavy (non-hydrogen) atoms. The highest BCUT2D eigenvalue weighted by Crippen LogP contribution is 2.50. The fraction of sp³-hybridized carbons (Fsp3) is 0.538. The first-order valence-corrected chi connectivity index (χ1v) is 6.79. The van der Waals surface area contributed by atoms with Crippen molar-refractivity contribution in [1.29, 1.82) is 0 Å². The molecule has 3 unspecified atom stereocenters. The van der Waals surface area contributed by atoms with Crippen LogP contribution in [0.5, 0.6) is 11.5 Å². The summed E-state index contributed by atoms with van der Waals surface area (Å²) in [6, 6.07) is 4.06. The van der Waals surface area contributed by atoms with Gasteiger partial charge >= 0.3 is 0 Å². The number of hydrogen-bond donors (Lipinski definition) is 2. The Hall–Kier alpha value is -0.780. The first kappa shape index (κ1) is 13.6. The minimum atomic E-state index is 0.122. The van der Waals surface area contributed by atoms with E-state index >= 15 is 0 Å². The highest BCUT2D eigenvalue weighted by molar-refractivity contribution is 9.10. The third-order valence-corrected chi connectivity index (χ3v) is 4.38. The molecule has 0 spiro atoms. The lowest BCUT2D eigenvalue weighted by atomic mass is 10.0. The maximum atomic E-state index is 5.70. The van der Waals surface area contributed by atoms with Gasteiger partial charge in [-0.25, -0.2) is 0 Å². The summed E-state index contributed by atoms with van der Waals surface area (Å²) >= 11 is 3.52. The van der Waals surface area contributed by atoms with Gasteiger partial charge in [-0.15, -0.1) is 0 Å². The lowest BCUT2D eigenvalue weighted by molar-refractivity contribution is 0.373. The lowest BCUT2D eigenvalue weighted by Gasteiger charge is -2.21. The molecule has 3 atom stereocenters. The molecule has 0 radical (unpaired) electrons. The molecule has 0 aromatic heterocycles. The van der Waals surface area contributed by atoms with Crippen molar-refractivity contribution in [2.45, 2.75) is 19.4 Å². The van der Waals surface area contributed by atoms with E-state index in [2.05, 4.69) is 28.3 Å². The van der Waals surface area contributed by atoms with E-state index in [1.54, 1.807) is 14.2 Å². The van der Waals surface area contributed by atoms with Crippen molar-refractivity contribution in [3.8, 4) is 11.5 Å². The van der Waals surface area contributed by atoms with Crippen LogP contribution in [0.3, 0.4) is 0 Å². The van der Waals surface area contributed by atoms with Gasteiger partial charge in [-0.3, -0.25) is 11.3 Å². The maximum absolute atomic E-state index is 5.70. The number of rotatable bonds is 5. The van der Waals surface area contributed by atoms with Crippen LogP contribution in [0, 0.1) is 11.8 Å². The van der Waals surface area contributed by atoms with Gasteiger partial charge in [0.2, 0.25) is 0 Å². The number of ether oxygens (including phenoxy) is 2. The third-order valence-electron chi connectivity index (χ3n) is 3.63. The van der Waals surface area contributed by atoms with Crippen molar-refractivity contribution >= 4 is 15.9 Å². The minimum absolute atomic E-state index is 0.122. The summed E-state index contributed by atoms with van der Waals surface area (Å²) in [7, 11) is 3.30. The Labute approximate surface area is 116 Å². The van der Waals surface area contributed by atoms with Crippen LogP contribution >= 0.6 is 15.9 Å². The Morgan fingerprint density at radius 2 is 2.06 bits per heavy atom. The van der Waals surface area contributed by atoms with Gasteiger partial charge in [0, 0.05) is 5.56 Å². The summed E-state index contributed by atoms with van der Waals surface area (Å²) < 4.78 is 11.6. The fourth-order valence-corrected chi connectivity index (χ4v) is 3.11. The van der Waals surface area contributed by atoms with E-state index in [1.165, 1.54) is 6.42 Å². The molecule has 1 aromatic carbocycles. The van der Waals surface area contributed by atoms with Crippen molar-refractivity contribution in [2.75, 3.05) is 14.2 Å². The molecule has 1 fully saturated rings. The molecule has 1 aliphatic carbocycles. The second-order valence-corrected chi connectivity index (χ2v) is 5.52. The van der Waals surface area contributed by atoms with Crippen LogP contribution in [0.1, 0.15) is 24.9 Å². The highest BCUT2D eigenvalue weighted by Gasteiger charge is 2.41. The molecule has 0 bridgehead atoms. The summed E-state index contributed by atoms with van der Waals surface area (Å²) in [6.45, 7) is 2.24. The number of hydrazine groups is 1. The SMILES string of the molecule is COc1ccc(C(NN)C2CC2C)c(OC)c1Br. The molecule has 3 N–H and O–H groups in total. The van der Waals surface area contributed by atoms with Crippen molar-refractivity contribution in [1.82, 2.24) is 5.43 Å². The van der Waals surface area contributed by atoms with Gasteiger partial charge < -0.3 is 9.47 Å². The van der Waals surface area contributed by atoms with Gasteiger partial charge in [-0.05, 0) is 46.3 Å². The molecule has 0 aliphatic heterocycles. The number of hydrogen-bond acceptors (Lipinski definition) is 4. The van der Waals surface area contributed by atoms with Gasteiger partial charge in [0.25, 0.3) is 0 Å². The number of nitrogens with one attached hydrogen (secondary N) is 1. The molecule has 4 nitrogen and oxygen atoms in total. The third kappa shape index (κ3) is 2.35. The molecule has 100 valence electrons. The summed E-state index contributed by atoms with van der Waals surface area (Å²) in [4.78, 5) is 0. The number of halogens is 1. The van der Waals surface area contributed by atoms with E-state index in [9.17, 15) is 0 Å². The van der Waals surface area contributed by atoms with Crippen molar-refractivity contribution in [2.24, 2.45) is 17.7 Å². The van der Waals surface area contributed by atoms with Crippen LogP contribution in [-0.2, 0) is 0 Å². The van der Waals surface area contributed by atoms with Crippen LogP contribution in [-0.4, -0.2) is 14.2 Å².